The molecule has 0 unspecified atom stereocenters. The third kappa shape index (κ3) is 5.66. The number of nitrogens with two attached hydrogens (primary N) is 1. The van der Waals surface area contributed by atoms with Gasteiger partial charge in [0.05, 0.1) is 45.7 Å². The van der Waals surface area contributed by atoms with Crippen molar-refractivity contribution in [2.75, 3.05) is 5.73 Å². The summed E-state index contributed by atoms with van der Waals surface area (Å²) in [5.41, 5.74) is 7.41. The average molecular weight is 625 g/mol. The fourth-order valence-electron chi connectivity index (χ4n) is 3.83. The highest BCUT2D eigenvalue weighted by atomic mass is 32.2. The van der Waals surface area contributed by atoms with Crippen LogP contribution < -0.4 is 5.73 Å². The van der Waals surface area contributed by atoms with Gasteiger partial charge in [-0.15, -0.1) is 18.9 Å². The summed E-state index contributed by atoms with van der Waals surface area (Å²) in [6.07, 6.45) is 0. The van der Waals surface area contributed by atoms with Gasteiger partial charge in [-0.05, 0) is 42.6 Å². The molecule has 2 heterocycles. The monoisotopic (exact) mass is 624 g/mol. The van der Waals surface area contributed by atoms with Crippen LogP contribution in [0, 0.1) is 6.92 Å². The highest BCUT2D eigenvalue weighted by Crippen LogP contribution is 2.39. The number of hydrogen-bond acceptors (Lipinski definition) is 16. The lowest BCUT2D eigenvalue weighted by atomic mass is 10.1. The molecule has 5 N–H and O–H groups in total. The standard InChI is InChI=1S/C21H16N6O9S4/c1-10-18(24-25-21-23-14-9-11(38-35-33-28)5-8-17(14)37-21)20(22)27(26-10)15-7-6-12-13(19(15)40(30,31)32)3-2-4-16(12)39-36-34-29/h2-9,28-29H,22H2,1H3,(H,30,31,32). The van der Waals surface area contributed by atoms with Crippen LogP contribution in [0.15, 0.2) is 73.4 Å². The molecular formula is C21H16N6O9S4. The largest absolute Gasteiger partial charge is 0.382 e. The lowest BCUT2D eigenvalue weighted by Crippen LogP contribution is -2.10. The molecule has 5 aromatic rings. The van der Waals surface area contributed by atoms with Crippen LogP contribution in [0.4, 0.5) is 16.6 Å². The fraction of sp³-hybridized carbons (Fsp3) is 0.0476. The van der Waals surface area contributed by atoms with E-state index in [9.17, 15) is 13.0 Å². The molecule has 40 heavy (non-hydrogen) atoms. The summed E-state index contributed by atoms with van der Waals surface area (Å²) in [6, 6.07) is 12.8. The molecule has 0 atom stereocenters. The van der Waals surface area contributed by atoms with Crippen molar-refractivity contribution >= 4 is 83.2 Å². The van der Waals surface area contributed by atoms with E-state index in [0.717, 1.165) is 21.4 Å². The SMILES string of the molecule is Cc1nn(-c2ccc3c(SOOO)cccc3c2S(=O)(=O)O)c(N)c1N=Nc1nc2cc(SOOO)ccc2s1. The fourth-order valence-corrected chi connectivity index (χ4v) is 6.37. The molecule has 0 amide bonds. The maximum Gasteiger partial charge on any atom is 0.297 e. The summed E-state index contributed by atoms with van der Waals surface area (Å²) in [5.74, 6) is -0.0333. The molecular weight excluding hydrogens is 609 g/mol. The molecule has 0 radical (unpaired) electrons. The van der Waals surface area contributed by atoms with E-state index in [1.54, 1.807) is 37.3 Å². The Morgan fingerprint density at radius 3 is 2.55 bits per heavy atom. The van der Waals surface area contributed by atoms with Gasteiger partial charge in [-0.25, -0.2) is 20.2 Å². The van der Waals surface area contributed by atoms with Crippen LogP contribution in [0.3, 0.4) is 0 Å². The molecule has 0 saturated carbocycles. The second-order valence-corrected chi connectivity index (χ2v) is 11.6. The number of nitrogen functional groups attached to an aromatic ring is 1. The van der Waals surface area contributed by atoms with Gasteiger partial charge in [0.2, 0.25) is 5.13 Å². The molecule has 15 nitrogen and oxygen atoms in total. The van der Waals surface area contributed by atoms with Gasteiger partial charge < -0.3 is 5.73 Å². The predicted octanol–water partition coefficient (Wildman–Crippen LogP) is 6.04. The molecule has 0 fully saturated rings. The first-order valence-electron chi connectivity index (χ1n) is 10.7. The highest BCUT2D eigenvalue weighted by molar-refractivity contribution is 7.95. The van der Waals surface area contributed by atoms with Crippen LogP contribution in [-0.4, -0.2) is 38.2 Å². The Labute approximate surface area is 237 Å². The predicted molar refractivity (Wildman–Crippen MR) is 145 cm³/mol. The molecule has 0 aliphatic heterocycles. The van der Waals surface area contributed by atoms with E-state index in [4.69, 9.17) is 16.2 Å². The Kier molecular flexibility index (Phi) is 8.30. The van der Waals surface area contributed by atoms with Crippen molar-refractivity contribution in [3.8, 4) is 5.69 Å². The van der Waals surface area contributed by atoms with Gasteiger partial charge in [0.25, 0.3) is 10.1 Å². The van der Waals surface area contributed by atoms with Crippen molar-refractivity contribution in [2.24, 2.45) is 10.2 Å². The van der Waals surface area contributed by atoms with Crippen LogP contribution in [0.25, 0.3) is 26.7 Å². The molecule has 3 aromatic carbocycles. The second kappa shape index (κ2) is 11.7. The minimum atomic E-state index is -4.79. The molecule has 208 valence electrons. The van der Waals surface area contributed by atoms with Crippen molar-refractivity contribution in [2.45, 2.75) is 21.6 Å². The smallest absolute Gasteiger partial charge is 0.297 e. The first-order valence-corrected chi connectivity index (χ1v) is 14.5. The van der Waals surface area contributed by atoms with Gasteiger partial charge in [-0.2, -0.15) is 13.5 Å². The quantitative estimate of drug-likeness (QED) is 0.0458. The number of thiazole rings is 1. The number of rotatable bonds is 10. The summed E-state index contributed by atoms with van der Waals surface area (Å²) in [5, 5.41) is 37.6. The molecule has 0 aliphatic rings. The number of anilines is 1. The van der Waals surface area contributed by atoms with E-state index < -0.39 is 15.0 Å². The van der Waals surface area contributed by atoms with Gasteiger partial charge >= 0.3 is 0 Å². The summed E-state index contributed by atoms with van der Waals surface area (Å²) in [6.45, 7) is 1.61. The van der Waals surface area contributed by atoms with E-state index in [-0.39, 0.29) is 22.6 Å². The Morgan fingerprint density at radius 1 is 1.02 bits per heavy atom. The average Bonchev–Trinajstić information content (AvgIpc) is 3.46. The molecule has 0 spiro atoms. The van der Waals surface area contributed by atoms with Crippen LogP contribution in [0.2, 0.25) is 0 Å². The summed E-state index contributed by atoms with van der Waals surface area (Å²) in [7, 11) is -4.79. The maximum absolute atomic E-state index is 12.5. The number of nitrogens with zero attached hydrogens (tertiary/aromatic N) is 5. The highest BCUT2D eigenvalue weighted by Gasteiger charge is 2.25. The number of benzene rings is 3. The van der Waals surface area contributed by atoms with Crippen molar-refractivity contribution < 1.29 is 42.2 Å². The van der Waals surface area contributed by atoms with E-state index in [0.29, 0.717) is 43.6 Å². The molecule has 19 heteroatoms. The Hall–Kier alpha value is -3.21. The number of aromatic nitrogens is 3. The Morgan fingerprint density at radius 2 is 1.80 bits per heavy atom. The molecule has 0 saturated heterocycles. The Balaban J connectivity index is 1.55. The summed E-state index contributed by atoms with van der Waals surface area (Å²) in [4.78, 5) is 4.97. The van der Waals surface area contributed by atoms with Gasteiger partial charge in [-0.1, -0.05) is 39.6 Å². The van der Waals surface area contributed by atoms with Crippen LogP contribution in [0.5, 0.6) is 0 Å². The maximum atomic E-state index is 12.5. The molecule has 5 rings (SSSR count). The second-order valence-electron chi connectivity index (χ2n) is 7.75. The third-order valence-electron chi connectivity index (χ3n) is 5.40. The van der Waals surface area contributed by atoms with Crippen molar-refractivity contribution in [1.29, 1.82) is 0 Å². The first kappa shape index (κ1) is 28.3. The van der Waals surface area contributed by atoms with E-state index in [1.807, 2.05) is 0 Å². The van der Waals surface area contributed by atoms with E-state index in [2.05, 4.69) is 39.1 Å². The Bertz CT molecular complexity index is 1860. The number of hydrogen-bond donors (Lipinski definition) is 4. The zero-order valence-electron chi connectivity index (χ0n) is 19.9. The summed E-state index contributed by atoms with van der Waals surface area (Å²) >= 11 is 2.69. The molecule has 0 aliphatic carbocycles. The zero-order valence-corrected chi connectivity index (χ0v) is 23.1. The summed E-state index contributed by atoms with van der Waals surface area (Å²) < 4.78 is 46.1. The van der Waals surface area contributed by atoms with E-state index in [1.165, 1.54) is 29.5 Å². The minimum absolute atomic E-state index is 0.0300. The lowest BCUT2D eigenvalue weighted by Gasteiger charge is -2.13. The van der Waals surface area contributed by atoms with Crippen LogP contribution in [-0.2, 0) is 28.9 Å². The molecule has 2 aromatic heterocycles. The third-order valence-corrected chi connectivity index (χ3v) is 8.50. The van der Waals surface area contributed by atoms with Crippen molar-refractivity contribution in [3.05, 3.63) is 54.2 Å². The van der Waals surface area contributed by atoms with Crippen LogP contribution in [0.1, 0.15) is 5.69 Å². The van der Waals surface area contributed by atoms with Crippen LogP contribution >= 0.6 is 35.4 Å². The number of fused-ring (bicyclic) bond motifs is 2. The van der Waals surface area contributed by atoms with Crippen molar-refractivity contribution in [1.82, 2.24) is 14.8 Å². The number of aryl methyl sites for hydroxylation is 1. The van der Waals surface area contributed by atoms with Gasteiger partial charge in [-0.3, -0.25) is 4.55 Å². The first-order chi connectivity index (χ1) is 19.2. The zero-order chi connectivity index (χ0) is 28.4. The van der Waals surface area contributed by atoms with Crippen molar-refractivity contribution in [3.63, 3.8) is 0 Å². The minimum Gasteiger partial charge on any atom is -0.382 e. The van der Waals surface area contributed by atoms with Gasteiger partial charge in [0.15, 0.2) is 11.5 Å². The normalized spacial score (nSPS) is 12.3. The number of azo groups is 1. The van der Waals surface area contributed by atoms with Gasteiger partial charge in [0.1, 0.15) is 4.90 Å². The lowest BCUT2D eigenvalue weighted by molar-refractivity contribution is -0.432. The van der Waals surface area contributed by atoms with E-state index >= 15 is 0 Å². The molecule has 0 bridgehead atoms. The topological polar surface area (TPSA) is 213 Å². The van der Waals surface area contributed by atoms with Gasteiger partial charge in [0, 0.05) is 15.2 Å².